The summed E-state index contributed by atoms with van der Waals surface area (Å²) >= 11 is 0. The Labute approximate surface area is 109 Å². The van der Waals surface area contributed by atoms with Gasteiger partial charge in [0.2, 0.25) is 10.0 Å². The molecule has 3 N–H and O–H groups in total. The summed E-state index contributed by atoms with van der Waals surface area (Å²) < 4.78 is 26.2. The molecule has 0 radical (unpaired) electrons. The molecule has 1 aromatic rings. The lowest BCUT2D eigenvalue weighted by atomic mass is 10.1. The summed E-state index contributed by atoms with van der Waals surface area (Å²) in [4.78, 5) is 2.89. The fraction of sp³-hybridized carbons (Fsp3) is 0.667. The Kier molecular flexibility index (Phi) is 5.84. The molecule has 0 unspecified atom stereocenters. The number of H-pyrrole nitrogens is 1. The molecule has 0 aromatic carbocycles. The fourth-order valence-corrected chi connectivity index (χ4v) is 2.72. The van der Waals surface area contributed by atoms with Gasteiger partial charge in [-0.25, -0.2) is 13.1 Å². The number of nitrogens with one attached hydrogen (secondary N) is 2. The summed E-state index contributed by atoms with van der Waals surface area (Å²) in [5.74, 6) is 0.651. The normalized spacial score (nSPS) is 12.2. The van der Waals surface area contributed by atoms with Crippen LogP contribution in [-0.4, -0.2) is 25.1 Å². The Morgan fingerprint density at radius 1 is 1.39 bits per heavy atom. The number of sulfonamides is 1. The van der Waals surface area contributed by atoms with Gasteiger partial charge in [0.1, 0.15) is 0 Å². The second kappa shape index (κ2) is 6.92. The molecule has 6 heteroatoms. The second-order valence-electron chi connectivity index (χ2n) is 4.81. The van der Waals surface area contributed by atoms with E-state index in [4.69, 9.17) is 5.11 Å². The number of unbranched alkanes of at least 4 members (excludes halogenated alkanes) is 1. The van der Waals surface area contributed by atoms with Gasteiger partial charge in [-0.05, 0) is 18.4 Å². The fourth-order valence-electron chi connectivity index (χ4n) is 1.63. The molecule has 1 heterocycles. The Morgan fingerprint density at radius 3 is 2.67 bits per heavy atom. The molecule has 1 rings (SSSR count). The Balaban J connectivity index is 2.40. The predicted octanol–water partition coefficient (Wildman–Crippen LogP) is 1.61. The van der Waals surface area contributed by atoms with Crippen molar-refractivity contribution in [2.75, 3.05) is 6.54 Å². The van der Waals surface area contributed by atoms with Gasteiger partial charge in [0.05, 0.1) is 11.5 Å². The Morgan fingerprint density at radius 2 is 2.11 bits per heavy atom. The molecule has 0 aliphatic heterocycles. The molecular formula is C12H22N2O3S. The minimum absolute atomic E-state index is 0.176. The van der Waals surface area contributed by atoms with Gasteiger partial charge < -0.3 is 10.1 Å². The van der Waals surface area contributed by atoms with Crippen LogP contribution in [0.25, 0.3) is 0 Å². The molecular weight excluding hydrogens is 252 g/mol. The zero-order valence-corrected chi connectivity index (χ0v) is 11.8. The minimum atomic E-state index is -3.44. The highest BCUT2D eigenvalue weighted by Crippen LogP contribution is 2.11. The first-order valence-corrected chi connectivity index (χ1v) is 7.72. The highest BCUT2D eigenvalue weighted by molar-refractivity contribution is 7.89. The van der Waals surface area contributed by atoms with Crippen LogP contribution in [0.4, 0.5) is 0 Å². The third kappa shape index (κ3) is 4.80. The van der Waals surface area contributed by atoms with Crippen LogP contribution in [0.3, 0.4) is 0 Å². The summed E-state index contributed by atoms with van der Waals surface area (Å²) in [6, 6.07) is 1.44. The topological polar surface area (TPSA) is 82.2 Å². The maximum Gasteiger partial charge on any atom is 0.242 e. The molecule has 0 aliphatic rings. The first kappa shape index (κ1) is 15.2. The highest BCUT2D eigenvalue weighted by Gasteiger charge is 2.14. The molecule has 0 atom stereocenters. The van der Waals surface area contributed by atoms with Gasteiger partial charge in [-0.1, -0.05) is 26.7 Å². The van der Waals surface area contributed by atoms with Crippen molar-refractivity contribution >= 4 is 10.0 Å². The average molecular weight is 274 g/mol. The van der Waals surface area contributed by atoms with Crippen LogP contribution in [0.5, 0.6) is 0 Å². The van der Waals surface area contributed by atoms with Crippen LogP contribution >= 0.6 is 0 Å². The van der Waals surface area contributed by atoms with E-state index in [1.165, 1.54) is 12.3 Å². The largest absolute Gasteiger partial charge is 0.390 e. The van der Waals surface area contributed by atoms with Crippen LogP contribution in [0.1, 0.15) is 38.8 Å². The summed E-state index contributed by atoms with van der Waals surface area (Å²) in [7, 11) is -3.44. The highest BCUT2D eigenvalue weighted by atomic mass is 32.2. The quantitative estimate of drug-likeness (QED) is 0.630. The van der Waals surface area contributed by atoms with Crippen LogP contribution in [0.2, 0.25) is 0 Å². The van der Waals surface area contributed by atoms with Crippen molar-refractivity contribution in [1.29, 1.82) is 0 Å². The summed E-state index contributed by atoms with van der Waals surface area (Å²) in [6.45, 7) is 4.57. The van der Waals surface area contributed by atoms with Gasteiger partial charge >= 0.3 is 0 Å². The lowest BCUT2D eigenvalue weighted by Crippen LogP contribution is -2.24. The Hall–Kier alpha value is -0.850. The van der Waals surface area contributed by atoms with E-state index in [1.54, 1.807) is 0 Å². The van der Waals surface area contributed by atoms with Crippen molar-refractivity contribution in [3.63, 3.8) is 0 Å². The van der Waals surface area contributed by atoms with E-state index in [0.29, 0.717) is 18.2 Å². The van der Waals surface area contributed by atoms with Crippen molar-refractivity contribution in [3.05, 3.63) is 18.0 Å². The Bertz CT molecular complexity index is 452. The number of rotatable bonds is 8. The van der Waals surface area contributed by atoms with Gasteiger partial charge in [-0.3, -0.25) is 0 Å². The van der Waals surface area contributed by atoms with E-state index >= 15 is 0 Å². The molecule has 0 saturated carbocycles. The van der Waals surface area contributed by atoms with E-state index in [9.17, 15) is 8.42 Å². The number of aliphatic hydroxyl groups excluding tert-OH is 1. The minimum Gasteiger partial charge on any atom is -0.390 e. The molecule has 0 amide bonds. The smallest absolute Gasteiger partial charge is 0.242 e. The van der Waals surface area contributed by atoms with E-state index in [0.717, 1.165) is 19.3 Å². The van der Waals surface area contributed by atoms with Crippen molar-refractivity contribution in [2.24, 2.45) is 5.92 Å². The number of hydrogen-bond donors (Lipinski definition) is 3. The van der Waals surface area contributed by atoms with Crippen LogP contribution < -0.4 is 4.72 Å². The van der Waals surface area contributed by atoms with Gasteiger partial charge in [-0.2, -0.15) is 0 Å². The zero-order valence-electron chi connectivity index (χ0n) is 10.9. The van der Waals surface area contributed by atoms with Crippen LogP contribution in [0, 0.1) is 5.92 Å². The number of aliphatic hydroxyl groups is 1. The van der Waals surface area contributed by atoms with Gasteiger partial charge in [-0.15, -0.1) is 0 Å². The number of aromatic amines is 1. The van der Waals surface area contributed by atoms with E-state index in [-0.39, 0.29) is 11.5 Å². The summed E-state index contributed by atoms with van der Waals surface area (Å²) in [5, 5.41) is 8.87. The second-order valence-corrected chi connectivity index (χ2v) is 6.57. The molecule has 0 fully saturated rings. The van der Waals surface area contributed by atoms with Crippen molar-refractivity contribution < 1.29 is 13.5 Å². The van der Waals surface area contributed by atoms with E-state index in [2.05, 4.69) is 23.6 Å². The molecule has 104 valence electrons. The lowest BCUT2D eigenvalue weighted by Gasteiger charge is -2.06. The molecule has 0 bridgehead atoms. The maximum absolute atomic E-state index is 11.8. The van der Waals surface area contributed by atoms with Gasteiger partial charge in [0, 0.05) is 18.4 Å². The lowest BCUT2D eigenvalue weighted by molar-refractivity contribution is 0.277. The van der Waals surface area contributed by atoms with Crippen molar-refractivity contribution in [3.8, 4) is 0 Å². The SMILES string of the molecule is CC(C)CCCCNS(=O)(=O)c1c[nH]c(CO)c1. The first-order chi connectivity index (χ1) is 8.45. The summed E-state index contributed by atoms with van der Waals surface area (Å²) in [6.07, 6.45) is 4.37. The molecule has 18 heavy (non-hydrogen) atoms. The van der Waals surface area contributed by atoms with Crippen LogP contribution in [0.15, 0.2) is 17.2 Å². The zero-order chi connectivity index (χ0) is 13.6. The van der Waals surface area contributed by atoms with Gasteiger partial charge in [0.15, 0.2) is 0 Å². The first-order valence-electron chi connectivity index (χ1n) is 6.23. The predicted molar refractivity (Wildman–Crippen MR) is 70.6 cm³/mol. The maximum atomic E-state index is 11.8. The molecule has 5 nitrogen and oxygen atoms in total. The standard InChI is InChI=1S/C12H22N2O3S/c1-10(2)5-3-4-6-14-18(16,17)12-7-11(9-15)13-8-12/h7-8,10,13-15H,3-6,9H2,1-2H3. The third-order valence-electron chi connectivity index (χ3n) is 2.70. The third-order valence-corrected chi connectivity index (χ3v) is 4.14. The van der Waals surface area contributed by atoms with Crippen molar-refractivity contribution in [2.45, 2.75) is 44.6 Å². The molecule has 0 spiro atoms. The average Bonchev–Trinajstić information content (AvgIpc) is 2.77. The monoisotopic (exact) mass is 274 g/mol. The number of hydrogen-bond acceptors (Lipinski definition) is 3. The van der Waals surface area contributed by atoms with Crippen LogP contribution in [-0.2, 0) is 16.6 Å². The van der Waals surface area contributed by atoms with Gasteiger partial charge in [0.25, 0.3) is 0 Å². The number of aromatic nitrogens is 1. The molecule has 0 aliphatic carbocycles. The molecule has 1 aromatic heterocycles. The summed E-state index contributed by atoms with van der Waals surface area (Å²) in [5.41, 5.74) is 0.496. The van der Waals surface area contributed by atoms with E-state index < -0.39 is 10.0 Å². The van der Waals surface area contributed by atoms with E-state index in [1.807, 2.05) is 0 Å². The van der Waals surface area contributed by atoms with Crippen molar-refractivity contribution in [1.82, 2.24) is 9.71 Å². The molecule has 0 saturated heterocycles.